The van der Waals surface area contributed by atoms with Crippen LogP contribution in [-0.4, -0.2) is 43.3 Å². The molecule has 0 aliphatic heterocycles. The van der Waals surface area contributed by atoms with E-state index in [1.165, 1.54) is 7.11 Å². The van der Waals surface area contributed by atoms with Gasteiger partial charge in [-0.25, -0.2) is 9.69 Å². The standard InChI is InChI=1S/C20H22Cl2FNO6S/c1-3-8-30-20(28)12-7-5-4-6-11(12)19(27)24(14(25)10-21)17-16(22)13(31-18(17)23)9-15(26)29-2/h3-10H2,1-2H3. The first-order valence-corrected chi connectivity index (χ1v) is 11.3. The summed E-state index contributed by atoms with van der Waals surface area (Å²) in [5, 5.41) is -1.19. The molecule has 11 heteroatoms. The molecule has 0 bridgehead atoms. The summed E-state index contributed by atoms with van der Waals surface area (Å²) in [7, 11) is 1.17. The predicted molar refractivity (Wildman–Crippen MR) is 115 cm³/mol. The summed E-state index contributed by atoms with van der Waals surface area (Å²) in [6.45, 7) is 2.03. The summed E-state index contributed by atoms with van der Waals surface area (Å²) < 4.78 is 24.5. The van der Waals surface area contributed by atoms with E-state index in [4.69, 9.17) is 27.9 Å². The van der Waals surface area contributed by atoms with Crippen molar-refractivity contribution >= 4 is 64.0 Å². The van der Waals surface area contributed by atoms with Gasteiger partial charge in [0, 0.05) is 16.0 Å². The van der Waals surface area contributed by atoms with Crippen LogP contribution >= 0.6 is 34.5 Å². The van der Waals surface area contributed by atoms with Crippen molar-refractivity contribution in [3.63, 3.8) is 0 Å². The molecular weight excluding hydrogens is 472 g/mol. The van der Waals surface area contributed by atoms with Crippen LogP contribution in [0.25, 0.3) is 0 Å². The molecule has 1 aliphatic rings. The molecule has 1 aromatic rings. The number of hydrogen-bond acceptors (Lipinski definition) is 7. The molecule has 7 nitrogen and oxygen atoms in total. The maximum absolute atomic E-state index is 14.8. The van der Waals surface area contributed by atoms with Gasteiger partial charge in [0.2, 0.25) is 11.0 Å². The van der Waals surface area contributed by atoms with Crippen molar-refractivity contribution in [2.24, 2.45) is 0 Å². The zero-order chi connectivity index (χ0) is 23.1. The molecule has 2 rings (SSSR count). The smallest absolute Gasteiger partial charge is 0.334 e. The van der Waals surface area contributed by atoms with Gasteiger partial charge in [0.25, 0.3) is 5.91 Å². The highest BCUT2D eigenvalue weighted by atomic mass is 35.5. The van der Waals surface area contributed by atoms with E-state index < -0.39 is 40.5 Å². The summed E-state index contributed by atoms with van der Waals surface area (Å²) >= 11 is 12.4. The topological polar surface area (TPSA) is 90.0 Å². The van der Waals surface area contributed by atoms with E-state index in [2.05, 4.69) is 4.74 Å². The highest BCUT2D eigenvalue weighted by Crippen LogP contribution is 2.41. The van der Waals surface area contributed by atoms with Crippen LogP contribution in [0.1, 0.15) is 43.9 Å². The Hall–Kier alpha value is -1.97. The van der Waals surface area contributed by atoms with Crippen LogP contribution < -0.4 is 4.90 Å². The van der Waals surface area contributed by atoms with Gasteiger partial charge in [-0.2, -0.15) is 4.39 Å². The van der Waals surface area contributed by atoms with E-state index in [0.717, 1.165) is 0 Å². The number of rotatable bonds is 8. The molecule has 1 heterocycles. The van der Waals surface area contributed by atoms with Gasteiger partial charge in [-0.3, -0.25) is 14.4 Å². The molecule has 1 aliphatic carbocycles. The molecule has 0 N–H and O–H groups in total. The number of alkyl halides is 1. The number of amides is 2. The predicted octanol–water partition coefficient (Wildman–Crippen LogP) is 4.18. The van der Waals surface area contributed by atoms with Gasteiger partial charge in [-0.05, 0) is 32.1 Å². The number of halogens is 3. The zero-order valence-electron chi connectivity index (χ0n) is 17.1. The fourth-order valence-corrected chi connectivity index (χ4v) is 4.51. The van der Waals surface area contributed by atoms with E-state index >= 15 is 0 Å². The first-order valence-electron chi connectivity index (χ1n) is 9.62. The maximum Gasteiger partial charge on any atom is 0.334 e. The molecule has 0 saturated heterocycles. The van der Waals surface area contributed by atoms with E-state index in [0.29, 0.717) is 41.9 Å². The first-order chi connectivity index (χ1) is 14.8. The molecule has 0 unspecified atom stereocenters. The molecule has 0 saturated carbocycles. The van der Waals surface area contributed by atoms with Gasteiger partial charge in [-0.15, -0.1) is 22.9 Å². The molecule has 31 heavy (non-hydrogen) atoms. The van der Waals surface area contributed by atoms with Crippen molar-refractivity contribution in [3.8, 4) is 0 Å². The second-order valence-electron chi connectivity index (χ2n) is 6.68. The van der Waals surface area contributed by atoms with Crippen LogP contribution in [0.5, 0.6) is 0 Å². The lowest BCUT2D eigenvalue weighted by Crippen LogP contribution is -2.40. The van der Waals surface area contributed by atoms with Crippen LogP contribution in [0, 0.1) is 5.13 Å². The number of nitrogens with zero attached hydrogens (tertiary/aromatic N) is 1. The Morgan fingerprint density at radius 3 is 2.39 bits per heavy atom. The second kappa shape index (κ2) is 11.6. The largest absolute Gasteiger partial charge is 0.469 e. The molecule has 0 radical (unpaired) electrons. The van der Waals surface area contributed by atoms with Crippen LogP contribution in [-0.2, 0) is 35.1 Å². The Labute approximate surface area is 193 Å². The van der Waals surface area contributed by atoms with Crippen molar-refractivity contribution in [1.82, 2.24) is 0 Å². The summed E-state index contributed by atoms with van der Waals surface area (Å²) in [6.07, 6.45) is 2.10. The third kappa shape index (κ3) is 5.84. The number of carbonyl (C=O) groups excluding carboxylic acids is 4. The summed E-state index contributed by atoms with van der Waals surface area (Å²) in [4.78, 5) is 50.6. The molecule has 0 atom stereocenters. The number of carbonyl (C=O) groups is 4. The minimum atomic E-state index is -0.928. The van der Waals surface area contributed by atoms with Gasteiger partial charge >= 0.3 is 11.9 Å². The number of esters is 2. The van der Waals surface area contributed by atoms with Crippen molar-refractivity contribution in [2.75, 3.05) is 24.5 Å². The average Bonchev–Trinajstić information content (AvgIpc) is 3.04. The summed E-state index contributed by atoms with van der Waals surface area (Å²) in [5.41, 5.74) is -0.249. The molecule has 170 valence electrons. The molecular formula is C20H22Cl2FNO6S. The number of imide groups is 1. The van der Waals surface area contributed by atoms with Crippen molar-refractivity contribution in [1.29, 1.82) is 0 Å². The van der Waals surface area contributed by atoms with Gasteiger partial charge in [-0.1, -0.05) is 18.5 Å². The van der Waals surface area contributed by atoms with Crippen LogP contribution in [0.15, 0.2) is 11.1 Å². The fraction of sp³-hybridized carbons (Fsp3) is 0.500. The lowest BCUT2D eigenvalue weighted by atomic mass is 9.90. The van der Waals surface area contributed by atoms with Gasteiger partial charge in [0.05, 0.1) is 25.2 Å². The lowest BCUT2D eigenvalue weighted by molar-refractivity contribution is -0.140. The monoisotopic (exact) mass is 493 g/mol. The maximum atomic E-state index is 14.8. The van der Waals surface area contributed by atoms with Crippen LogP contribution in [0.3, 0.4) is 0 Å². The Kier molecular flexibility index (Phi) is 9.46. The lowest BCUT2D eigenvalue weighted by Gasteiger charge is -2.25. The van der Waals surface area contributed by atoms with Gasteiger partial charge < -0.3 is 9.47 Å². The Bertz CT molecular complexity index is 914. The number of anilines is 1. The number of thiophene rings is 1. The normalized spacial score (nSPS) is 13.7. The molecule has 0 aromatic carbocycles. The van der Waals surface area contributed by atoms with Crippen molar-refractivity contribution in [3.05, 3.63) is 26.2 Å². The molecule has 2 amide bonds. The molecule has 0 fully saturated rings. The fourth-order valence-electron chi connectivity index (χ4n) is 3.11. The summed E-state index contributed by atoms with van der Waals surface area (Å²) in [6, 6.07) is 0. The van der Waals surface area contributed by atoms with E-state index in [9.17, 15) is 23.6 Å². The Morgan fingerprint density at radius 2 is 1.81 bits per heavy atom. The quantitative estimate of drug-likeness (QED) is 0.398. The average molecular weight is 494 g/mol. The highest BCUT2D eigenvalue weighted by Gasteiger charge is 2.36. The van der Waals surface area contributed by atoms with Crippen LogP contribution in [0.4, 0.5) is 10.1 Å². The van der Waals surface area contributed by atoms with Crippen LogP contribution in [0.2, 0.25) is 5.02 Å². The van der Waals surface area contributed by atoms with Gasteiger partial charge in [0.15, 0.2) is 0 Å². The highest BCUT2D eigenvalue weighted by molar-refractivity contribution is 7.11. The second-order valence-corrected chi connectivity index (χ2v) is 8.38. The van der Waals surface area contributed by atoms with E-state index in [-0.39, 0.29) is 40.5 Å². The van der Waals surface area contributed by atoms with Crippen molar-refractivity contribution in [2.45, 2.75) is 45.4 Å². The SMILES string of the molecule is CCCOC(=O)C1=C(C(=O)N(C(=O)CCl)c2c(F)sc(CC(=O)OC)c2Cl)CCCC1. The summed E-state index contributed by atoms with van der Waals surface area (Å²) in [5.74, 6) is -3.70. The first kappa shape index (κ1) is 25.3. The van der Waals surface area contributed by atoms with E-state index in [1.54, 1.807) is 0 Å². The minimum Gasteiger partial charge on any atom is -0.469 e. The molecule has 1 aromatic heterocycles. The Morgan fingerprint density at radius 1 is 1.16 bits per heavy atom. The van der Waals surface area contributed by atoms with Gasteiger partial charge in [0.1, 0.15) is 11.6 Å². The number of hydrogen-bond donors (Lipinski definition) is 0. The number of methoxy groups -OCH3 is 1. The van der Waals surface area contributed by atoms with E-state index in [1.807, 2.05) is 6.92 Å². The minimum absolute atomic E-state index is 0.0713. The zero-order valence-corrected chi connectivity index (χ0v) is 19.4. The number of ether oxygens (including phenoxy) is 2. The molecule has 0 spiro atoms. The third-order valence-electron chi connectivity index (χ3n) is 4.58. The Balaban J connectivity index is 2.53. The van der Waals surface area contributed by atoms with Crippen molar-refractivity contribution < 1.29 is 33.0 Å². The third-order valence-corrected chi connectivity index (χ3v) is 6.30.